The van der Waals surface area contributed by atoms with Crippen molar-refractivity contribution in [1.29, 1.82) is 0 Å². The number of benzene rings is 1. The molecular weight excluding hydrogens is 234 g/mol. The van der Waals surface area contributed by atoms with Crippen LogP contribution in [0.5, 0.6) is 0 Å². The normalized spacial score (nSPS) is 13.5. The van der Waals surface area contributed by atoms with Crippen LogP contribution in [0.3, 0.4) is 0 Å². The summed E-state index contributed by atoms with van der Waals surface area (Å²) in [5.74, 6) is 0.692. The number of hydrogen-bond donors (Lipinski definition) is 2. The Morgan fingerprint density at radius 3 is 2.47 bits per heavy atom. The van der Waals surface area contributed by atoms with Gasteiger partial charge >= 0.3 is 0 Å². The summed E-state index contributed by atoms with van der Waals surface area (Å²) in [5.41, 5.74) is 12.6. The minimum atomic E-state index is 0.350. The zero-order chi connectivity index (χ0) is 13.9. The summed E-state index contributed by atoms with van der Waals surface area (Å²) < 4.78 is 0. The van der Waals surface area contributed by atoms with Gasteiger partial charge in [0.2, 0.25) is 0 Å². The second-order valence-corrected chi connectivity index (χ2v) is 5.09. The number of unbranched alkanes of at least 4 members (excludes halogenated alkanes) is 2. The van der Waals surface area contributed by atoms with E-state index in [0.29, 0.717) is 11.9 Å². The molecule has 3 nitrogen and oxygen atoms in total. The Kier molecular flexibility index (Phi) is 7.91. The molecule has 19 heavy (non-hydrogen) atoms. The van der Waals surface area contributed by atoms with Crippen LogP contribution >= 0.6 is 0 Å². The fraction of sp³-hybridized carbons (Fsp3) is 0.562. The van der Waals surface area contributed by atoms with Gasteiger partial charge in [0.05, 0.1) is 11.9 Å². The van der Waals surface area contributed by atoms with Crippen LogP contribution in [0.2, 0.25) is 0 Å². The number of aryl methyl sites for hydroxylation is 1. The maximum absolute atomic E-state index is 5.72. The standard InChI is InChI=1S/C16H27N3/c1-14(18)19-16(10-6-3-7-13-17)12-11-15-8-4-2-5-9-15/h2,4-5,8-9,16H,3,6-7,10-13,17H2,1H3,(H2,18,19). The molecule has 3 heteroatoms. The van der Waals surface area contributed by atoms with Crippen molar-refractivity contribution in [2.75, 3.05) is 6.54 Å². The number of nitrogens with two attached hydrogens (primary N) is 2. The molecule has 0 aliphatic rings. The molecule has 1 aromatic rings. The molecule has 1 rings (SSSR count). The topological polar surface area (TPSA) is 64.4 Å². The Labute approximate surface area is 117 Å². The first kappa shape index (κ1) is 15.7. The molecule has 0 bridgehead atoms. The van der Waals surface area contributed by atoms with Crippen molar-refractivity contribution in [2.45, 2.75) is 51.5 Å². The molecule has 0 saturated carbocycles. The van der Waals surface area contributed by atoms with E-state index in [9.17, 15) is 0 Å². The van der Waals surface area contributed by atoms with Crippen LogP contribution in [0.1, 0.15) is 44.6 Å². The number of rotatable bonds is 9. The van der Waals surface area contributed by atoms with Crippen LogP contribution in [0, 0.1) is 0 Å². The van der Waals surface area contributed by atoms with Crippen molar-refractivity contribution in [3.05, 3.63) is 35.9 Å². The molecule has 0 aliphatic heterocycles. The van der Waals surface area contributed by atoms with Crippen LogP contribution in [0.15, 0.2) is 35.3 Å². The summed E-state index contributed by atoms with van der Waals surface area (Å²) in [4.78, 5) is 4.55. The van der Waals surface area contributed by atoms with Gasteiger partial charge in [-0.15, -0.1) is 0 Å². The maximum atomic E-state index is 5.72. The predicted octanol–water partition coefficient (Wildman–Crippen LogP) is 2.88. The van der Waals surface area contributed by atoms with Gasteiger partial charge in [-0.25, -0.2) is 0 Å². The summed E-state index contributed by atoms with van der Waals surface area (Å²) in [6.45, 7) is 2.66. The van der Waals surface area contributed by atoms with Gasteiger partial charge in [0.25, 0.3) is 0 Å². The van der Waals surface area contributed by atoms with E-state index in [1.807, 2.05) is 6.92 Å². The molecule has 0 amide bonds. The van der Waals surface area contributed by atoms with Gasteiger partial charge in [-0.2, -0.15) is 0 Å². The van der Waals surface area contributed by atoms with Crippen LogP contribution in [-0.4, -0.2) is 18.4 Å². The summed E-state index contributed by atoms with van der Waals surface area (Å²) in [6, 6.07) is 10.9. The van der Waals surface area contributed by atoms with Crippen molar-refractivity contribution in [2.24, 2.45) is 16.5 Å². The third kappa shape index (κ3) is 7.62. The Balaban J connectivity index is 2.39. The quantitative estimate of drug-likeness (QED) is 0.408. The number of nitrogens with zero attached hydrogens (tertiary/aromatic N) is 1. The van der Waals surface area contributed by atoms with Gasteiger partial charge in [-0.05, 0) is 44.7 Å². The van der Waals surface area contributed by atoms with Gasteiger partial charge in [0, 0.05) is 0 Å². The molecule has 0 aliphatic carbocycles. The van der Waals surface area contributed by atoms with Gasteiger partial charge in [-0.1, -0.05) is 43.2 Å². The van der Waals surface area contributed by atoms with E-state index < -0.39 is 0 Å². The van der Waals surface area contributed by atoms with Gasteiger partial charge < -0.3 is 11.5 Å². The first-order chi connectivity index (χ1) is 9.22. The first-order valence-electron chi connectivity index (χ1n) is 7.26. The second-order valence-electron chi connectivity index (χ2n) is 5.09. The van der Waals surface area contributed by atoms with Gasteiger partial charge in [-0.3, -0.25) is 4.99 Å². The van der Waals surface area contributed by atoms with E-state index in [1.165, 1.54) is 18.4 Å². The zero-order valence-electron chi connectivity index (χ0n) is 12.0. The largest absolute Gasteiger partial charge is 0.388 e. The summed E-state index contributed by atoms with van der Waals surface area (Å²) in [7, 11) is 0. The molecule has 1 aromatic carbocycles. The predicted molar refractivity (Wildman–Crippen MR) is 83.4 cm³/mol. The lowest BCUT2D eigenvalue weighted by atomic mass is 10.0. The molecule has 0 fully saturated rings. The van der Waals surface area contributed by atoms with Crippen molar-refractivity contribution in [3.8, 4) is 0 Å². The van der Waals surface area contributed by atoms with Crippen LogP contribution in [-0.2, 0) is 6.42 Å². The third-order valence-electron chi connectivity index (χ3n) is 3.24. The molecule has 1 unspecified atom stereocenters. The van der Waals surface area contributed by atoms with E-state index in [0.717, 1.165) is 32.2 Å². The number of amidine groups is 1. The highest BCUT2D eigenvalue weighted by molar-refractivity contribution is 5.77. The molecule has 0 saturated heterocycles. The highest BCUT2D eigenvalue weighted by atomic mass is 14.9. The maximum Gasteiger partial charge on any atom is 0.0909 e. The van der Waals surface area contributed by atoms with E-state index in [-0.39, 0.29) is 0 Å². The average Bonchev–Trinajstić information content (AvgIpc) is 2.41. The van der Waals surface area contributed by atoms with E-state index in [2.05, 4.69) is 35.3 Å². The fourth-order valence-electron chi connectivity index (χ4n) is 2.24. The van der Waals surface area contributed by atoms with Crippen molar-refractivity contribution in [1.82, 2.24) is 0 Å². The molecule has 1 atom stereocenters. The third-order valence-corrected chi connectivity index (χ3v) is 3.24. The molecular formula is C16H27N3. The lowest BCUT2D eigenvalue weighted by Crippen LogP contribution is -2.14. The van der Waals surface area contributed by atoms with Gasteiger partial charge in [0.1, 0.15) is 0 Å². The highest BCUT2D eigenvalue weighted by Gasteiger charge is 2.07. The summed E-state index contributed by atoms with van der Waals surface area (Å²) in [6.07, 6.45) is 6.74. The van der Waals surface area contributed by atoms with Crippen molar-refractivity contribution < 1.29 is 0 Å². The smallest absolute Gasteiger partial charge is 0.0909 e. The minimum absolute atomic E-state index is 0.350. The zero-order valence-corrected chi connectivity index (χ0v) is 12.0. The Morgan fingerprint density at radius 2 is 1.84 bits per heavy atom. The molecule has 0 spiro atoms. The lowest BCUT2D eigenvalue weighted by molar-refractivity contribution is 0.527. The van der Waals surface area contributed by atoms with E-state index in [4.69, 9.17) is 11.5 Å². The molecule has 0 heterocycles. The average molecular weight is 261 g/mol. The SMILES string of the molecule is CC(N)=NC(CCCCCN)CCc1ccccc1. The van der Waals surface area contributed by atoms with E-state index >= 15 is 0 Å². The van der Waals surface area contributed by atoms with Crippen molar-refractivity contribution in [3.63, 3.8) is 0 Å². The second kappa shape index (κ2) is 9.56. The summed E-state index contributed by atoms with van der Waals surface area (Å²) in [5, 5.41) is 0. The number of aliphatic imine (C=N–C) groups is 1. The Bertz CT molecular complexity index is 356. The summed E-state index contributed by atoms with van der Waals surface area (Å²) >= 11 is 0. The van der Waals surface area contributed by atoms with Crippen LogP contribution < -0.4 is 11.5 Å². The fourth-order valence-corrected chi connectivity index (χ4v) is 2.24. The molecule has 0 radical (unpaired) electrons. The van der Waals surface area contributed by atoms with Gasteiger partial charge in [0.15, 0.2) is 0 Å². The van der Waals surface area contributed by atoms with Crippen molar-refractivity contribution >= 4 is 5.84 Å². The monoisotopic (exact) mass is 261 g/mol. The Morgan fingerprint density at radius 1 is 1.11 bits per heavy atom. The minimum Gasteiger partial charge on any atom is -0.388 e. The van der Waals surface area contributed by atoms with Crippen LogP contribution in [0.25, 0.3) is 0 Å². The lowest BCUT2D eigenvalue weighted by Gasteiger charge is -2.13. The van der Waals surface area contributed by atoms with Crippen LogP contribution in [0.4, 0.5) is 0 Å². The Hall–Kier alpha value is -1.35. The van der Waals surface area contributed by atoms with E-state index in [1.54, 1.807) is 0 Å². The number of hydrogen-bond acceptors (Lipinski definition) is 2. The molecule has 106 valence electrons. The molecule has 4 N–H and O–H groups in total. The highest BCUT2D eigenvalue weighted by Crippen LogP contribution is 2.14. The first-order valence-corrected chi connectivity index (χ1v) is 7.26. The molecule has 0 aromatic heterocycles.